The van der Waals surface area contributed by atoms with Gasteiger partial charge in [0.05, 0.1) is 25.0 Å². The molecule has 1 aliphatic rings. The van der Waals surface area contributed by atoms with Crippen LogP contribution >= 0.6 is 24.0 Å². The summed E-state index contributed by atoms with van der Waals surface area (Å²) in [5.74, 6) is 2.15. The van der Waals surface area contributed by atoms with Crippen molar-refractivity contribution in [1.82, 2.24) is 16.0 Å². The maximum atomic E-state index is 12.4. The summed E-state index contributed by atoms with van der Waals surface area (Å²) in [6.45, 7) is 13.3. The van der Waals surface area contributed by atoms with Crippen molar-refractivity contribution in [2.45, 2.75) is 71.4 Å². The monoisotopic (exact) mass is 564 g/mol. The van der Waals surface area contributed by atoms with Gasteiger partial charge in [0.15, 0.2) is 5.96 Å². The lowest BCUT2D eigenvalue weighted by Crippen LogP contribution is -2.52. The van der Waals surface area contributed by atoms with E-state index in [4.69, 9.17) is 18.9 Å². The highest BCUT2D eigenvalue weighted by Crippen LogP contribution is 2.18. The molecule has 2 rings (SSSR count). The van der Waals surface area contributed by atoms with Crippen molar-refractivity contribution in [3.8, 4) is 0 Å². The molecule has 32 heavy (non-hydrogen) atoms. The molecule has 1 amide bonds. The van der Waals surface area contributed by atoms with Gasteiger partial charge in [0.1, 0.15) is 11.4 Å². The highest BCUT2D eigenvalue weighted by Gasteiger charge is 2.30. The fraction of sp³-hybridized carbons (Fsp3) is 0.739. The molecule has 1 aromatic rings. The molecule has 0 saturated carbocycles. The molecule has 8 nitrogen and oxygen atoms in total. The number of carbonyl (C=O) groups is 1. The van der Waals surface area contributed by atoms with E-state index in [0.717, 1.165) is 57.2 Å². The topological polar surface area (TPSA) is 97.1 Å². The van der Waals surface area contributed by atoms with Crippen LogP contribution in [0.15, 0.2) is 27.8 Å². The number of nitrogens with one attached hydrogen (secondary N) is 3. The molecule has 0 aromatic carbocycles. The minimum absolute atomic E-state index is 0. The third-order valence-electron chi connectivity index (χ3n) is 5.49. The van der Waals surface area contributed by atoms with Crippen LogP contribution < -0.4 is 16.0 Å². The van der Waals surface area contributed by atoms with Crippen LogP contribution in [-0.2, 0) is 15.9 Å². The molecular weight excluding hydrogens is 523 g/mol. The number of hydrogen-bond donors (Lipinski definition) is 3. The van der Waals surface area contributed by atoms with Gasteiger partial charge in [-0.2, -0.15) is 0 Å². The van der Waals surface area contributed by atoms with Crippen LogP contribution in [0.4, 0.5) is 4.79 Å². The lowest BCUT2D eigenvalue weighted by Gasteiger charge is -2.32. The second-order valence-electron chi connectivity index (χ2n) is 9.15. The fourth-order valence-corrected chi connectivity index (χ4v) is 3.36. The number of alkyl carbamates (subject to hydrolysis) is 1. The van der Waals surface area contributed by atoms with Crippen molar-refractivity contribution < 1.29 is 18.7 Å². The van der Waals surface area contributed by atoms with Crippen LogP contribution in [0.1, 0.15) is 59.6 Å². The first-order chi connectivity index (χ1) is 14.8. The molecule has 0 aliphatic carbocycles. The van der Waals surface area contributed by atoms with Crippen molar-refractivity contribution in [3.63, 3.8) is 0 Å². The Morgan fingerprint density at radius 1 is 1.25 bits per heavy atom. The van der Waals surface area contributed by atoms with Crippen LogP contribution in [-0.4, -0.2) is 56.0 Å². The van der Waals surface area contributed by atoms with Gasteiger partial charge in [0.2, 0.25) is 0 Å². The van der Waals surface area contributed by atoms with Crippen molar-refractivity contribution in [1.29, 1.82) is 0 Å². The summed E-state index contributed by atoms with van der Waals surface area (Å²) in [7, 11) is 0. The van der Waals surface area contributed by atoms with Gasteiger partial charge in [-0.3, -0.25) is 4.99 Å². The first-order valence-corrected chi connectivity index (χ1v) is 11.4. The van der Waals surface area contributed by atoms with Gasteiger partial charge < -0.3 is 29.8 Å². The van der Waals surface area contributed by atoms with Gasteiger partial charge in [0, 0.05) is 32.0 Å². The van der Waals surface area contributed by atoms with E-state index in [9.17, 15) is 4.79 Å². The lowest BCUT2D eigenvalue weighted by atomic mass is 9.93. The fourth-order valence-electron chi connectivity index (χ4n) is 3.36. The Morgan fingerprint density at radius 3 is 2.56 bits per heavy atom. The average molecular weight is 565 g/mol. The standard InChI is InChI=1S/C23H40N4O4.HI/c1-6-23(7-2,27-21(28)31-22(3,4)5)17-26-20(25-15-18-11-14-29-16-18)24-12-10-19-9-8-13-30-19;/h8-9,13,18H,6-7,10-12,14-17H2,1-5H3,(H,27,28)(H2,24,25,26);1H. The molecule has 0 radical (unpaired) electrons. The van der Waals surface area contributed by atoms with Crippen LogP contribution in [0.2, 0.25) is 0 Å². The highest BCUT2D eigenvalue weighted by molar-refractivity contribution is 14.0. The van der Waals surface area contributed by atoms with E-state index in [1.165, 1.54) is 0 Å². The first-order valence-electron chi connectivity index (χ1n) is 11.4. The van der Waals surface area contributed by atoms with E-state index in [-0.39, 0.29) is 24.0 Å². The molecule has 3 N–H and O–H groups in total. The van der Waals surface area contributed by atoms with Gasteiger partial charge in [0.25, 0.3) is 0 Å². The number of guanidine groups is 1. The third-order valence-corrected chi connectivity index (χ3v) is 5.49. The summed E-state index contributed by atoms with van der Waals surface area (Å²) in [5, 5.41) is 9.89. The molecule has 184 valence electrons. The second-order valence-corrected chi connectivity index (χ2v) is 9.15. The Balaban J connectivity index is 0.00000512. The van der Waals surface area contributed by atoms with Gasteiger partial charge in [-0.05, 0) is 52.2 Å². The number of ether oxygens (including phenoxy) is 2. The Labute approximate surface area is 209 Å². The number of carbonyl (C=O) groups excluding carboxylic acids is 1. The SMILES string of the molecule is CCC(CC)(CN=C(NCCc1ccco1)NCC1CCOC1)NC(=O)OC(C)(C)C.I. The molecule has 1 fully saturated rings. The quantitative estimate of drug-likeness (QED) is 0.225. The number of amides is 1. The van der Waals surface area contributed by atoms with Gasteiger partial charge in [-0.15, -0.1) is 24.0 Å². The highest BCUT2D eigenvalue weighted by atomic mass is 127. The molecule has 1 aliphatic heterocycles. The lowest BCUT2D eigenvalue weighted by molar-refractivity contribution is 0.0452. The smallest absolute Gasteiger partial charge is 0.408 e. The Kier molecular flexibility index (Phi) is 12.4. The Hall–Kier alpha value is -1.49. The molecular formula is C23H41IN4O4. The Bertz CT molecular complexity index is 679. The minimum atomic E-state index is -0.538. The zero-order valence-corrected chi connectivity index (χ0v) is 22.5. The summed E-state index contributed by atoms with van der Waals surface area (Å²) in [4.78, 5) is 17.2. The maximum Gasteiger partial charge on any atom is 0.408 e. The zero-order valence-electron chi connectivity index (χ0n) is 20.2. The normalized spacial score (nSPS) is 16.9. The molecule has 1 atom stereocenters. The van der Waals surface area contributed by atoms with Crippen molar-refractivity contribution in [2.24, 2.45) is 10.9 Å². The summed E-state index contributed by atoms with van der Waals surface area (Å²) in [6.07, 6.45) is 4.60. The number of furan rings is 1. The van der Waals surface area contributed by atoms with Crippen LogP contribution in [0.25, 0.3) is 0 Å². The van der Waals surface area contributed by atoms with E-state index in [1.54, 1.807) is 6.26 Å². The minimum Gasteiger partial charge on any atom is -0.469 e. The first kappa shape index (κ1) is 28.5. The second kappa shape index (κ2) is 13.9. The van der Waals surface area contributed by atoms with Crippen molar-refractivity contribution >= 4 is 36.0 Å². The van der Waals surface area contributed by atoms with E-state index in [1.807, 2.05) is 32.9 Å². The molecule has 9 heteroatoms. The predicted octanol–water partition coefficient (Wildman–Crippen LogP) is 4.10. The number of nitrogens with zero attached hydrogens (tertiary/aromatic N) is 1. The maximum absolute atomic E-state index is 12.4. The van der Waals surface area contributed by atoms with Gasteiger partial charge in [-0.1, -0.05) is 13.8 Å². The van der Waals surface area contributed by atoms with Crippen molar-refractivity contribution in [2.75, 3.05) is 32.8 Å². The predicted molar refractivity (Wildman–Crippen MR) is 138 cm³/mol. The summed E-state index contributed by atoms with van der Waals surface area (Å²) in [5.41, 5.74) is -1.00. The molecule has 0 spiro atoms. The number of rotatable bonds is 10. The zero-order chi connectivity index (χ0) is 22.7. The van der Waals surface area contributed by atoms with Crippen molar-refractivity contribution in [3.05, 3.63) is 24.2 Å². The van der Waals surface area contributed by atoms with E-state index in [0.29, 0.717) is 19.0 Å². The van der Waals surface area contributed by atoms with Crippen LogP contribution in [0.3, 0.4) is 0 Å². The molecule has 1 saturated heterocycles. The molecule has 1 unspecified atom stereocenters. The van der Waals surface area contributed by atoms with Crippen LogP contribution in [0, 0.1) is 5.92 Å². The number of hydrogen-bond acceptors (Lipinski definition) is 5. The van der Waals surface area contributed by atoms with Gasteiger partial charge >= 0.3 is 6.09 Å². The van der Waals surface area contributed by atoms with E-state index < -0.39 is 17.2 Å². The summed E-state index contributed by atoms with van der Waals surface area (Å²) in [6, 6.07) is 3.85. The number of aliphatic imine (C=N–C) groups is 1. The molecule has 0 bridgehead atoms. The largest absolute Gasteiger partial charge is 0.469 e. The van der Waals surface area contributed by atoms with E-state index >= 15 is 0 Å². The third kappa shape index (κ3) is 10.4. The van der Waals surface area contributed by atoms with Crippen LogP contribution in [0.5, 0.6) is 0 Å². The number of halogens is 1. The summed E-state index contributed by atoms with van der Waals surface area (Å²) >= 11 is 0. The van der Waals surface area contributed by atoms with Gasteiger partial charge in [-0.25, -0.2) is 4.79 Å². The summed E-state index contributed by atoms with van der Waals surface area (Å²) < 4.78 is 16.4. The van der Waals surface area contributed by atoms with E-state index in [2.05, 4.69) is 29.8 Å². The Morgan fingerprint density at radius 2 is 2.00 bits per heavy atom. The molecule has 2 heterocycles. The average Bonchev–Trinajstić information content (AvgIpc) is 3.41. The molecule has 1 aromatic heterocycles.